The van der Waals surface area contributed by atoms with Gasteiger partial charge in [0.1, 0.15) is 0 Å². The van der Waals surface area contributed by atoms with E-state index in [1.54, 1.807) is 18.0 Å². The molecule has 0 atom stereocenters. The summed E-state index contributed by atoms with van der Waals surface area (Å²) in [5.41, 5.74) is 0.862. The molecule has 1 aromatic rings. The molecule has 4 heteroatoms. The summed E-state index contributed by atoms with van der Waals surface area (Å²) in [6, 6.07) is 0. The minimum Gasteiger partial charge on any atom is -0.390 e. The smallest absolute Gasteiger partial charge is 0.167 e. The van der Waals surface area contributed by atoms with E-state index in [1.807, 2.05) is 11.6 Å². The first kappa shape index (κ1) is 8.62. The van der Waals surface area contributed by atoms with Crippen molar-refractivity contribution in [1.82, 2.24) is 9.55 Å². The van der Waals surface area contributed by atoms with E-state index < -0.39 is 0 Å². The number of aromatic nitrogens is 2. The lowest BCUT2D eigenvalue weighted by atomic mass is 10.5. The average molecular weight is 172 g/mol. The van der Waals surface area contributed by atoms with Crippen molar-refractivity contribution in [3.05, 3.63) is 11.9 Å². The number of nitrogens with zero attached hydrogens (tertiary/aromatic N) is 2. The topological polar surface area (TPSA) is 38.1 Å². The molecule has 0 unspecified atom stereocenters. The molecule has 0 aliphatic carbocycles. The predicted molar refractivity (Wildman–Crippen MR) is 45.5 cm³/mol. The van der Waals surface area contributed by atoms with Crippen molar-refractivity contribution in [2.24, 2.45) is 7.05 Å². The molecular formula is C7H12N2OS. The molecule has 1 rings (SSSR count). The van der Waals surface area contributed by atoms with Crippen LogP contribution in [0.5, 0.6) is 0 Å². The third-order valence-electron chi connectivity index (χ3n) is 1.48. The molecule has 62 valence electrons. The van der Waals surface area contributed by atoms with Gasteiger partial charge >= 0.3 is 0 Å². The lowest BCUT2D eigenvalue weighted by Crippen LogP contribution is -1.97. The summed E-state index contributed by atoms with van der Waals surface area (Å²) in [6.45, 7) is 2.14. The maximum absolute atomic E-state index is 8.83. The highest BCUT2D eigenvalue weighted by atomic mass is 32.2. The molecule has 0 aliphatic rings. The second-order valence-electron chi connectivity index (χ2n) is 2.18. The Kier molecular flexibility index (Phi) is 2.96. The van der Waals surface area contributed by atoms with Crippen LogP contribution >= 0.6 is 11.8 Å². The Morgan fingerprint density at radius 1 is 1.73 bits per heavy atom. The Bertz CT molecular complexity index is 234. The molecule has 11 heavy (non-hydrogen) atoms. The second kappa shape index (κ2) is 3.78. The molecular weight excluding hydrogens is 160 g/mol. The van der Waals surface area contributed by atoms with Gasteiger partial charge in [-0.25, -0.2) is 4.98 Å². The molecule has 0 saturated carbocycles. The first-order valence-corrected chi connectivity index (χ1v) is 4.52. The zero-order valence-corrected chi connectivity index (χ0v) is 7.56. The Morgan fingerprint density at radius 2 is 2.45 bits per heavy atom. The van der Waals surface area contributed by atoms with Crippen LogP contribution in [0.1, 0.15) is 12.6 Å². The maximum Gasteiger partial charge on any atom is 0.167 e. The van der Waals surface area contributed by atoms with E-state index in [2.05, 4.69) is 11.9 Å². The Morgan fingerprint density at radius 3 is 2.91 bits per heavy atom. The fourth-order valence-corrected chi connectivity index (χ4v) is 1.53. The van der Waals surface area contributed by atoms with E-state index in [9.17, 15) is 0 Å². The van der Waals surface area contributed by atoms with Gasteiger partial charge in [0, 0.05) is 7.05 Å². The molecule has 0 amide bonds. The minimum atomic E-state index is 0.0633. The van der Waals surface area contributed by atoms with E-state index in [-0.39, 0.29) is 6.61 Å². The molecule has 0 fully saturated rings. The SMILES string of the molecule is CCSc1ncc(CO)n1C. The first-order chi connectivity index (χ1) is 5.29. The van der Waals surface area contributed by atoms with E-state index >= 15 is 0 Å². The Labute approximate surface area is 70.4 Å². The van der Waals surface area contributed by atoms with Gasteiger partial charge in [-0.1, -0.05) is 18.7 Å². The third-order valence-corrected chi connectivity index (χ3v) is 2.40. The Hall–Kier alpha value is -0.480. The molecule has 1 aromatic heterocycles. The zero-order valence-electron chi connectivity index (χ0n) is 6.74. The molecule has 0 aliphatic heterocycles. The molecule has 1 N–H and O–H groups in total. The van der Waals surface area contributed by atoms with Gasteiger partial charge in [-0.05, 0) is 5.75 Å². The highest BCUT2D eigenvalue weighted by molar-refractivity contribution is 7.99. The molecule has 0 saturated heterocycles. The van der Waals surface area contributed by atoms with E-state index in [0.717, 1.165) is 16.6 Å². The van der Waals surface area contributed by atoms with Crippen LogP contribution in [0, 0.1) is 0 Å². The summed E-state index contributed by atoms with van der Waals surface area (Å²) in [4.78, 5) is 4.14. The largest absolute Gasteiger partial charge is 0.390 e. The van der Waals surface area contributed by atoms with Crippen LogP contribution in [0.2, 0.25) is 0 Å². The Balaban J connectivity index is 2.82. The quantitative estimate of drug-likeness (QED) is 0.692. The molecule has 0 aromatic carbocycles. The fraction of sp³-hybridized carbons (Fsp3) is 0.571. The van der Waals surface area contributed by atoms with Crippen molar-refractivity contribution in [3.8, 4) is 0 Å². The monoisotopic (exact) mass is 172 g/mol. The van der Waals surface area contributed by atoms with Crippen LogP contribution in [0.3, 0.4) is 0 Å². The number of hydrogen-bond donors (Lipinski definition) is 1. The summed E-state index contributed by atoms with van der Waals surface area (Å²) >= 11 is 1.68. The van der Waals surface area contributed by atoms with Gasteiger partial charge in [-0.3, -0.25) is 0 Å². The maximum atomic E-state index is 8.83. The second-order valence-corrected chi connectivity index (χ2v) is 3.41. The molecule has 0 spiro atoms. The minimum absolute atomic E-state index is 0.0633. The third kappa shape index (κ3) is 1.75. The van der Waals surface area contributed by atoms with Crippen LogP contribution in [0.4, 0.5) is 0 Å². The van der Waals surface area contributed by atoms with Crippen molar-refractivity contribution < 1.29 is 5.11 Å². The van der Waals surface area contributed by atoms with Gasteiger partial charge in [0.25, 0.3) is 0 Å². The zero-order chi connectivity index (χ0) is 8.27. The molecule has 3 nitrogen and oxygen atoms in total. The number of rotatable bonds is 3. The summed E-state index contributed by atoms with van der Waals surface area (Å²) in [6.07, 6.45) is 1.71. The van der Waals surface area contributed by atoms with Crippen molar-refractivity contribution in [2.45, 2.75) is 18.7 Å². The lowest BCUT2D eigenvalue weighted by molar-refractivity contribution is 0.271. The fourth-order valence-electron chi connectivity index (χ4n) is 0.836. The van der Waals surface area contributed by atoms with Gasteiger partial charge in [0.05, 0.1) is 18.5 Å². The molecule has 0 bridgehead atoms. The summed E-state index contributed by atoms with van der Waals surface area (Å²) < 4.78 is 1.91. The summed E-state index contributed by atoms with van der Waals surface area (Å²) in [5, 5.41) is 9.80. The average Bonchev–Trinajstić information content (AvgIpc) is 2.34. The van der Waals surface area contributed by atoms with Crippen LogP contribution in [0.25, 0.3) is 0 Å². The first-order valence-electron chi connectivity index (χ1n) is 3.53. The van der Waals surface area contributed by atoms with Gasteiger partial charge in [0.2, 0.25) is 0 Å². The van der Waals surface area contributed by atoms with Crippen LogP contribution < -0.4 is 0 Å². The van der Waals surface area contributed by atoms with E-state index in [1.165, 1.54) is 0 Å². The highest BCUT2D eigenvalue weighted by Gasteiger charge is 2.03. The highest BCUT2D eigenvalue weighted by Crippen LogP contribution is 2.15. The predicted octanol–water partition coefficient (Wildman–Crippen LogP) is 1.02. The summed E-state index contributed by atoms with van der Waals surface area (Å²) in [7, 11) is 1.91. The van der Waals surface area contributed by atoms with Gasteiger partial charge in [-0.15, -0.1) is 0 Å². The number of thioether (sulfide) groups is 1. The van der Waals surface area contributed by atoms with Gasteiger partial charge in [0.15, 0.2) is 5.16 Å². The van der Waals surface area contributed by atoms with Crippen LogP contribution in [0.15, 0.2) is 11.4 Å². The molecule has 0 radical (unpaired) electrons. The van der Waals surface area contributed by atoms with E-state index in [0.29, 0.717) is 0 Å². The van der Waals surface area contributed by atoms with Crippen molar-refractivity contribution in [2.75, 3.05) is 5.75 Å². The van der Waals surface area contributed by atoms with Crippen molar-refractivity contribution >= 4 is 11.8 Å². The number of aliphatic hydroxyl groups is 1. The van der Waals surface area contributed by atoms with Gasteiger partial charge < -0.3 is 9.67 Å². The normalized spacial score (nSPS) is 10.5. The molecule has 1 heterocycles. The van der Waals surface area contributed by atoms with Crippen molar-refractivity contribution in [1.29, 1.82) is 0 Å². The summed E-state index contributed by atoms with van der Waals surface area (Å²) in [5.74, 6) is 1.01. The number of hydrogen-bond acceptors (Lipinski definition) is 3. The van der Waals surface area contributed by atoms with Crippen molar-refractivity contribution in [3.63, 3.8) is 0 Å². The van der Waals surface area contributed by atoms with Crippen LogP contribution in [-0.4, -0.2) is 20.4 Å². The number of imidazole rings is 1. The lowest BCUT2D eigenvalue weighted by Gasteiger charge is -2.00. The van der Waals surface area contributed by atoms with Crippen LogP contribution in [-0.2, 0) is 13.7 Å². The van der Waals surface area contributed by atoms with Gasteiger partial charge in [-0.2, -0.15) is 0 Å². The standard InChI is InChI=1S/C7H12N2OS/c1-3-11-7-8-4-6(5-10)9(7)2/h4,10H,3,5H2,1-2H3. The number of aliphatic hydroxyl groups excluding tert-OH is 1. The van der Waals surface area contributed by atoms with E-state index in [4.69, 9.17) is 5.11 Å².